The average molecular weight is 320 g/mol. The number of hydrogen-bond donors (Lipinski definition) is 2. The number of primary sulfonamides is 1. The number of benzene rings is 1. The van der Waals surface area contributed by atoms with E-state index in [1.807, 2.05) is 0 Å². The van der Waals surface area contributed by atoms with Gasteiger partial charge in [-0.1, -0.05) is 0 Å². The lowest BCUT2D eigenvalue weighted by Gasteiger charge is -2.22. The van der Waals surface area contributed by atoms with Crippen molar-refractivity contribution < 1.29 is 26.7 Å². The minimum Gasteiger partial charge on any atom is -0.365 e. The second-order valence-corrected chi connectivity index (χ2v) is 6.51. The van der Waals surface area contributed by atoms with Crippen molar-refractivity contribution in [1.29, 1.82) is 0 Å². The Hall–Kier alpha value is -1.58. The van der Waals surface area contributed by atoms with Crippen molar-refractivity contribution in [2.75, 3.05) is 11.9 Å². The van der Waals surface area contributed by atoms with Crippen molar-refractivity contribution in [3.8, 4) is 0 Å². The molecule has 6 nitrogen and oxygen atoms in total. The molecular formula is C12H14F2N2O4S. The monoisotopic (exact) mass is 320 g/mol. The van der Waals surface area contributed by atoms with Crippen LogP contribution in [0.15, 0.2) is 17.0 Å². The van der Waals surface area contributed by atoms with Gasteiger partial charge in [-0.25, -0.2) is 22.3 Å². The fourth-order valence-corrected chi connectivity index (χ4v) is 2.57. The highest BCUT2D eigenvalue weighted by Crippen LogP contribution is 2.29. The second-order valence-electron chi connectivity index (χ2n) is 4.94. The number of nitrogens with one attached hydrogen (secondary N) is 1. The smallest absolute Gasteiger partial charge is 0.256 e. The van der Waals surface area contributed by atoms with E-state index in [0.717, 1.165) is 0 Å². The zero-order chi connectivity index (χ0) is 15.8. The lowest BCUT2D eigenvalue weighted by molar-refractivity contribution is -0.133. The van der Waals surface area contributed by atoms with Crippen LogP contribution in [0, 0.1) is 11.6 Å². The van der Waals surface area contributed by atoms with Gasteiger partial charge in [-0.2, -0.15) is 0 Å². The summed E-state index contributed by atoms with van der Waals surface area (Å²) < 4.78 is 55.0. The summed E-state index contributed by atoms with van der Waals surface area (Å²) in [4.78, 5) is 11.3. The van der Waals surface area contributed by atoms with Gasteiger partial charge in [-0.05, 0) is 31.9 Å². The number of sulfonamides is 1. The van der Waals surface area contributed by atoms with E-state index < -0.39 is 43.7 Å². The first-order valence-corrected chi connectivity index (χ1v) is 7.65. The first-order valence-electron chi connectivity index (χ1n) is 6.11. The van der Waals surface area contributed by atoms with Gasteiger partial charge in [0, 0.05) is 6.61 Å². The summed E-state index contributed by atoms with van der Waals surface area (Å²) >= 11 is 0. The number of amides is 1. The molecule has 1 aromatic rings. The van der Waals surface area contributed by atoms with Crippen LogP contribution in [0.4, 0.5) is 14.5 Å². The highest BCUT2D eigenvalue weighted by atomic mass is 32.2. The first-order chi connectivity index (χ1) is 9.63. The summed E-state index contributed by atoms with van der Waals surface area (Å²) in [5.74, 6) is -3.15. The summed E-state index contributed by atoms with van der Waals surface area (Å²) in [6, 6.07) is 1.09. The van der Waals surface area contributed by atoms with Gasteiger partial charge in [0.25, 0.3) is 5.91 Å². The SMILES string of the molecule is CC1(C(=O)Nc2c(F)cc(S(N)(=O)=O)cc2F)CCCO1. The fraction of sp³-hybridized carbons (Fsp3) is 0.417. The molecule has 0 spiro atoms. The standard InChI is InChI=1S/C12H14F2N2O4S/c1-12(3-2-4-20-12)11(17)16-10-8(13)5-7(6-9(10)14)21(15,18)19/h5-6H,2-4H2,1H3,(H,16,17)(H2,15,18,19). The number of carbonyl (C=O) groups excluding carboxylic acids is 1. The number of nitrogens with two attached hydrogens (primary N) is 1. The number of halogens is 2. The fourth-order valence-electron chi connectivity index (χ4n) is 2.04. The van der Waals surface area contributed by atoms with Crippen LogP contribution >= 0.6 is 0 Å². The molecule has 0 bridgehead atoms. The maximum Gasteiger partial charge on any atom is 0.256 e. The quantitative estimate of drug-likeness (QED) is 0.872. The summed E-state index contributed by atoms with van der Waals surface area (Å²) in [5, 5.41) is 6.89. The molecule has 2 rings (SSSR count). The van der Waals surface area contributed by atoms with E-state index in [2.05, 4.69) is 5.32 Å². The zero-order valence-electron chi connectivity index (χ0n) is 11.2. The second kappa shape index (κ2) is 5.32. The van der Waals surface area contributed by atoms with Crippen LogP contribution in [-0.2, 0) is 19.6 Å². The number of carbonyl (C=O) groups is 1. The summed E-state index contributed by atoms with van der Waals surface area (Å²) in [7, 11) is -4.24. The van der Waals surface area contributed by atoms with E-state index in [9.17, 15) is 22.0 Å². The molecular weight excluding hydrogens is 306 g/mol. The van der Waals surface area contributed by atoms with E-state index in [-0.39, 0.29) is 0 Å². The molecule has 1 aliphatic rings. The Morgan fingerprint density at radius 2 is 1.95 bits per heavy atom. The number of anilines is 1. The van der Waals surface area contributed by atoms with E-state index >= 15 is 0 Å². The van der Waals surface area contributed by atoms with Gasteiger partial charge in [-0.3, -0.25) is 4.79 Å². The molecule has 1 amide bonds. The van der Waals surface area contributed by atoms with Crippen LogP contribution in [0.5, 0.6) is 0 Å². The lowest BCUT2D eigenvalue weighted by Crippen LogP contribution is -2.39. The molecule has 1 atom stereocenters. The molecule has 1 fully saturated rings. The van der Waals surface area contributed by atoms with Crippen molar-refractivity contribution in [3.63, 3.8) is 0 Å². The average Bonchev–Trinajstić information content (AvgIpc) is 2.80. The molecule has 1 aromatic carbocycles. The Labute approximate surface area is 120 Å². The molecule has 3 N–H and O–H groups in total. The van der Waals surface area contributed by atoms with Gasteiger partial charge in [0.2, 0.25) is 10.0 Å². The first kappa shape index (κ1) is 15.8. The summed E-state index contributed by atoms with van der Waals surface area (Å²) in [6.07, 6.45) is 1.09. The van der Waals surface area contributed by atoms with E-state index in [4.69, 9.17) is 9.88 Å². The lowest BCUT2D eigenvalue weighted by atomic mass is 10.0. The number of rotatable bonds is 3. The number of ether oxygens (including phenoxy) is 1. The Morgan fingerprint density at radius 3 is 2.38 bits per heavy atom. The zero-order valence-corrected chi connectivity index (χ0v) is 12.0. The van der Waals surface area contributed by atoms with E-state index in [0.29, 0.717) is 31.6 Å². The molecule has 0 aliphatic carbocycles. The third kappa shape index (κ3) is 3.20. The van der Waals surface area contributed by atoms with Gasteiger partial charge in [0.05, 0.1) is 4.90 Å². The minimum atomic E-state index is -4.24. The maximum atomic E-state index is 13.8. The van der Waals surface area contributed by atoms with Crippen molar-refractivity contribution in [2.45, 2.75) is 30.3 Å². The van der Waals surface area contributed by atoms with Gasteiger partial charge in [0.15, 0.2) is 11.6 Å². The van der Waals surface area contributed by atoms with Crippen LogP contribution in [-0.4, -0.2) is 26.5 Å². The van der Waals surface area contributed by atoms with Gasteiger partial charge < -0.3 is 10.1 Å². The van der Waals surface area contributed by atoms with Crippen LogP contribution in [0.2, 0.25) is 0 Å². The predicted octanol–water partition coefficient (Wildman–Crippen LogP) is 1.12. The Kier molecular flexibility index (Phi) is 4.00. The summed E-state index contributed by atoms with van der Waals surface area (Å²) in [5.41, 5.74) is -1.89. The van der Waals surface area contributed by atoms with Crippen molar-refractivity contribution in [3.05, 3.63) is 23.8 Å². The van der Waals surface area contributed by atoms with E-state index in [1.54, 1.807) is 0 Å². The molecule has 0 radical (unpaired) electrons. The third-order valence-corrected chi connectivity index (χ3v) is 4.17. The number of hydrogen-bond acceptors (Lipinski definition) is 4. The van der Waals surface area contributed by atoms with Crippen LogP contribution in [0.3, 0.4) is 0 Å². The molecule has 1 saturated heterocycles. The Balaban J connectivity index is 2.31. The molecule has 0 saturated carbocycles. The van der Waals surface area contributed by atoms with Crippen LogP contribution in [0.1, 0.15) is 19.8 Å². The molecule has 1 heterocycles. The summed E-state index contributed by atoms with van der Waals surface area (Å²) in [6.45, 7) is 1.91. The van der Waals surface area contributed by atoms with Crippen LogP contribution < -0.4 is 10.5 Å². The van der Waals surface area contributed by atoms with Crippen LogP contribution in [0.25, 0.3) is 0 Å². The Morgan fingerprint density at radius 1 is 1.38 bits per heavy atom. The third-order valence-electron chi connectivity index (χ3n) is 3.28. The maximum absolute atomic E-state index is 13.8. The predicted molar refractivity (Wildman–Crippen MR) is 70.0 cm³/mol. The normalized spacial score (nSPS) is 22.3. The van der Waals surface area contributed by atoms with E-state index in [1.165, 1.54) is 6.92 Å². The highest BCUT2D eigenvalue weighted by Gasteiger charge is 2.38. The van der Waals surface area contributed by atoms with Crippen molar-refractivity contribution in [1.82, 2.24) is 0 Å². The van der Waals surface area contributed by atoms with Crippen molar-refractivity contribution in [2.24, 2.45) is 5.14 Å². The molecule has 116 valence electrons. The molecule has 21 heavy (non-hydrogen) atoms. The largest absolute Gasteiger partial charge is 0.365 e. The molecule has 1 unspecified atom stereocenters. The highest BCUT2D eigenvalue weighted by molar-refractivity contribution is 7.89. The minimum absolute atomic E-state index is 0.388. The molecule has 1 aliphatic heterocycles. The van der Waals surface area contributed by atoms with Gasteiger partial charge in [-0.15, -0.1) is 0 Å². The Bertz CT molecular complexity index is 661. The van der Waals surface area contributed by atoms with Crippen molar-refractivity contribution >= 4 is 21.6 Å². The molecule has 9 heteroatoms. The van der Waals surface area contributed by atoms with Gasteiger partial charge in [0.1, 0.15) is 11.3 Å². The van der Waals surface area contributed by atoms with Gasteiger partial charge >= 0.3 is 0 Å². The topological polar surface area (TPSA) is 98.5 Å². The molecule has 0 aromatic heterocycles.